The van der Waals surface area contributed by atoms with Gasteiger partial charge in [0.05, 0.1) is 29.7 Å². The molecule has 0 amide bonds. The van der Waals surface area contributed by atoms with Crippen LogP contribution in [0.15, 0.2) is 17.5 Å². The van der Waals surface area contributed by atoms with Gasteiger partial charge in [0.25, 0.3) is 0 Å². The van der Waals surface area contributed by atoms with Crippen LogP contribution in [0.25, 0.3) is 10.2 Å². The fraction of sp³-hybridized carbons (Fsp3) is 0.583. The molecule has 2 unspecified atom stereocenters. The molecule has 2 aliphatic rings. The Morgan fingerprint density at radius 3 is 2.67 bits per heavy atom. The number of nitriles is 1. The first-order chi connectivity index (χ1) is 17.5. The number of piperidine rings is 1. The Morgan fingerprint density at radius 2 is 2.03 bits per heavy atom. The van der Waals surface area contributed by atoms with Gasteiger partial charge in [-0.05, 0) is 37.1 Å². The van der Waals surface area contributed by atoms with E-state index in [0.29, 0.717) is 35.6 Å². The fourth-order valence-corrected chi connectivity index (χ4v) is 7.24. The first-order valence-corrected chi connectivity index (χ1v) is 14.1. The fourth-order valence-electron chi connectivity index (χ4n) is 4.98. The molecule has 2 fully saturated rings. The van der Waals surface area contributed by atoms with Crippen molar-refractivity contribution in [2.45, 2.75) is 64.3 Å². The average molecular weight is 528 g/mol. The number of thiophene rings is 1. The number of hydrogen-bond donors (Lipinski definition) is 3. The maximum Gasteiger partial charge on any atom is 0.228 e. The van der Waals surface area contributed by atoms with Crippen LogP contribution in [0.2, 0.25) is 0 Å². The summed E-state index contributed by atoms with van der Waals surface area (Å²) in [5, 5.41) is 31.9. The number of fused-ring (bicyclic) bond motifs is 1. The lowest BCUT2D eigenvalue weighted by Crippen LogP contribution is -2.54. The lowest BCUT2D eigenvalue weighted by Gasteiger charge is -2.49. The maximum absolute atomic E-state index is 9.36. The van der Waals surface area contributed by atoms with Crippen molar-refractivity contribution in [2.24, 2.45) is 5.92 Å². The number of nitrogens with one attached hydrogen (secondary N) is 2. The third kappa shape index (κ3) is 5.03. The summed E-state index contributed by atoms with van der Waals surface area (Å²) in [5.41, 5.74) is 0.646. The number of aromatic amines is 1. The molecule has 0 bridgehead atoms. The number of anilines is 3. The predicted molar refractivity (Wildman–Crippen MR) is 145 cm³/mol. The highest BCUT2D eigenvalue weighted by Crippen LogP contribution is 2.39. The van der Waals surface area contributed by atoms with Gasteiger partial charge in [0.1, 0.15) is 10.6 Å². The summed E-state index contributed by atoms with van der Waals surface area (Å²) in [6.07, 6.45) is 4.24. The van der Waals surface area contributed by atoms with Gasteiger partial charge in [-0.15, -0.1) is 11.3 Å². The Labute approximate surface area is 220 Å². The van der Waals surface area contributed by atoms with Crippen LogP contribution in [0.1, 0.15) is 45.2 Å². The quantitative estimate of drug-likeness (QED) is 0.350. The second-order valence-electron chi connectivity index (χ2n) is 9.55. The highest BCUT2D eigenvalue weighted by atomic mass is 32.2. The van der Waals surface area contributed by atoms with Crippen LogP contribution in [0.5, 0.6) is 0 Å². The van der Waals surface area contributed by atoms with E-state index in [1.165, 1.54) is 0 Å². The van der Waals surface area contributed by atoms with Gasteiger partial charge in [-0.3, -0.25) is 5.10 Å². The Morgan fingerprint density at radius 1 is 1.28 bits per heavy atom. The SMILES string of the molecule is CCC1CC(N(C)c2nc(Nc3cc(CO)[nH]n3)c3ccsc3n2)CC(CC)N1SN1CC(C#N)C1. The van der Waals surface area contributed by atoms with E-state index in [9.17, 15) is 5.11 Å². The van der Waals surface area contributed by atoms with E-state index >= 15 is 0 Å². The summed E-state index contributed by atoms with van der Waals surface area (Å²) in [7, 11) is 2.11. The summed E-state index contributed by atoms with van der Waals surface area (Å²) in [5.74, 6) is 2.22. The van der Waals surface area contributed by atoms with Crippen molar-refractivity contribution in [1.29, 1.82) is 5.26 Å². The van der Waals surface area contributed by atoms with Crippen molar-refractivity contribution in [3.8, 4) is 6.07 Å². The first-order valence-electron chi connectivity index (χ1n) is 12.5. The van der Waals surface area contributed by atoms with Crippen LogP contribution in [0.4, 0.5) is 17.6 Å². The minimum Gasteiger partial charge on any atom is -0.390 e. The molecule has 10 nitrogen and oxygen atoms in total. The van der Waals surface area contributed by atoms with E-state index in [1.54, 1.807) is 17.4 Å². The van der Waals surface area contributed by atoms with Crippen LogP contribution in [0, 0.1) is 17.2 Å². The van der Waals surface area contributed by atoms with Gasteiger partial charge in [-0.1, -0.05) is 13.8 Å². The van der Waals surface area contributed by atoms with Crippen LogP contribution >= 0.6 is 23.5 Å². The molecule has 2 saturated heterocycles. The normalized spacial score (nSPS) is 23.5. The lowest BCUT2D eigenvalue weighted by atomic mass is 9.90. The Bertz CT molecular complexity index is 1200. The molecule has 0 aliphatic carbocycles. The molecule has 0 radical (unpaired) electrons. The van der Waals surface area contributed by atoms with Gasteiger partial charge in [0.15, 0.2) is 5.82 Å². The van der Waals surface area contributed by atoms with Crippen LogP contribution in [-0.2, 0) is 6.61 Å². The third-order valence-electron chi connectivity index (χ3n) is 7.22. The van der Waals surface area contributed by atoms with Gasteiger partial charge in [0.2, 0.25) is 5.95 Å². The lowest BCUT2D eigenvalue weighted by molar-refractivity contribution is 0.153. The Balaban J connectivity index is 1.35. The average Bonchev–Trinajstić information content (AvgIpc) is 3.54. The summed E-state index contributed by atoms with van der Waals surface area (Å²) in [4.78, 5) is 13.0. The van der Waals surface area contributed by atoms with Gasteiger partial charge >= 0.3 is 0 Å². The zero-order valence-electron chi connectivity index (χ0n) is 20.9. The van der Waals surface area contributed by atoms with Crippen molar-refractivity contribution < 1.29 is 5.11 Å². The van der Waals surface area contributed by atoms with Crippen LogP contribution < -0.4 is 10.2 Å². The summed E-state index contributed by atoms with van der Waals surface area (Å²) in [6, 6.07) is 7.41. The topological polar surface area (TPSA) is 120 Å². The minimum absolute atomic E-state index is 0.0921. The van der Waals surface area contributed by atoms with Gasteiger partial charge in [-0.25, -0.2) is 13.6 Å². The molecule has 12 heteroatoms. The Kier molecular flexibility index (Phi) is 7.64. The Hall–Kier alpha value is -2.43. The number of aliphatic hydroxyl groups is 1. The molecule has 36 heavy (non-hydrogen) atoms. The second kappa shape index (κ2) is 10.9. The largest absolute Gasteiger partial charge is 0.390 e. The molecule has 0 spiro atoms. The maximum atomic E-state index is 9.36. The number of H-pyrrole nitrogens is 1. The monoisotopic (exact) mass is 527 g/mol. The van der Waals surface area contributed by atoms with Crippen LogP contribution in [-0.4, -0.2) is 72.1 Å². The molecular weight excluding hydrogens is 494 g/mol. The summed E-state index contributed by atoms with van der Waals surface area (Å²) < 4.78 is 4.91. The van der Waals surface area contributed by atoms with E-state index in [0.717, 1.165) is 54.8 Å². The minimum atomic E-state index is -0.0921. The zero-order chi connectivity index (χ0) is 25.2. The van der Waals surface area contributed by atoms with Gasteiger partial charge in [-0.2, -0.15) is 15.3 Å². The van der Waals surface area contributed by atoms with Crippen LogP contribution in [0.3, 0.4) is 0 Å². The molecule has 192 valence electrons. The van der Waals surface area contributed by atoms with Gasteiger partial charge in [0, 0.05) is 56.5 Å². The van der Waals surface area contributed by atoms with Crippen molar-refractivity contribution in [3.63, 3.8) is 0 Å². The standard InChI is InChI=1S/C24H33N9OS2/c1-4-17-9-19(10-18(5-2)33(17)36-32-12-15(11-25)13-32)31(3)24-27-22(20-6-7-35-23(20)28-24)26-21-8-16(14-34)29-30-21/h6-8,15,17-19,34H,4-5,9-10,12-14H2,1-3H3,(H2,26,27,28,29,30). The molecule has 2 aliphatic heterocycles. The summed E-state index contributed by atoms with van der Waals surface area (Å²) in [6.45, 7) is 6.15. The zero-order valence-corrected chi connectivity index (χ0v) is 22.5. The molecule has 3 aromatic rings. The molecular formula is C24H33N9OS2. The van der Waals surface area contributed by atoms with Gasteiger partial charge < -0.3 is 15.3 Å². The number of rotatable bonds is 9. The molecule has 0 aromatic carbocycles. The molecule has 5 rings (SSSR count). The second-order valence-corrected chi connectivity index (χ2v) is 11.5. The molecule has 3 aromatic heterocycles. The third-order valence-corrected chi connectivity index (χ3v) is 9.34. The van der Waals surface area contributed by atoms with Crippen molar-refractivity contribution in [1.82, 2.24) is 28.8 Å². The summed E-state index contributed by atoms with van der Waals surface area (Å²) >= 11 is 3.44. The highest BCUT2D eigenvalue weighted by molar-refractivity contribution is 7.94. The van der Waals surface area contributed by atoms with Crippen molar-refractivity contribution in [2.75, 3.05) is 30.4 Å². The highest BCUT2D eigenvalue weighted by Gasteiger charge is 2.40. The first kappa shape index (κ1) is 25.2. The molecule has 0 saturated carbocycles. The van der Waals surface area contributed by atoms with E-state index < -0.39 is 0 Å². The van der Waals surface area contributed by atoms with E-state index in [4.69, 9.17) is 15.2 Å². The molecule has 3 N–H and O–H groups in total. The number of aliphatic hydroxyl groups excluding tert-OH is 1. The van der Waals surface area contributed by atoms with E-state index in [2.05, 4.69) is 56.0 Å². The molecule has 5 heterocycles. The van der Waals surface area contributed by atoms with E-state index in [1.807, 2.05) is 23.6 Å². The smallest absolute Gasteiger partial charge is 0.228 e. The number of aromatic nitrogens is 4. The number of nitrogens with zero attached hydrogens (tertiary/aromatic N) is 7. The molecule has 2 atom stereocenters. The predicted octanol–water partition coefficient (Wildman–Crippen LogP) is 4.13. The van der Waals surface area contributed by atoms with E-state index in [-0.39, 0.29) is 12.5 Å². The van der Waals surface area contributed by atoms with Crippen molar-refractivity contribution in [3.05, 3.63) is 23.2 Å². The number of hydrogen-bond acceptors (Lipinski definition) is 11. The van der Waals surface area contributed by atoms with Crippen molar-refractivity contribution >= 4 is 51.3 Å².